The van der Waals surface area contributed by atoms with E-state index in [1.807, 2.05) is 36.4 Å². The van der Waals surface area contributed by atoms with Crippen molar-refractivity contribution < 1.29 is 4.79 Å². The predicted octanol–water partition coefficient (Wildman–Crippen LogP) is 2.40. The van der Waals surface area contributed by atoms with Crippen LogP contribution in [0.5, 0.6) is 0 Å². The first kappa shape index (κ1) is 11.3. The van der Waals surface area contributed by atoms with Crippen molar-refractivity contribution in [3.8, 4) is 11.1 Å². The van der Waals surface area contributed by atoms with Crippen molar-refractivity contribution in [1.82, 2.24) is 9.97 Å². The van der Waals surface area contributed by atoms with Crippen LogP contribution < -0.4 is 5.73 Å². The average molecular weight is 249 g/mol. The summed E-state index contributed by atoms with van der Waals surface area (Å²) in [6.07, 6.45) is 3.31. The quantitative estimate of drug-likeness (QED) is 0.758. The lowest BCUT2D eigenvalue weighted by Gasteiger charge is -2.06. The third-order valence-electron chi connectivity index (χ3n) is 2.96. The number of fused-ring (bicyclic) bond motifs is 1. The lowest BCUT2D eigenvalue weighted by atomic mass is 10.0. The Morgan fingerprint density at radius 2 is 1.79 bits per heavy atom. The molecular formula is C15H11N3O. The van der Waals surface area contributed by atoms with Gasteiger partial charge in [-0.05, 0) is 29.8 Å². The van der Waals surface area contributed by atoms with Crippen molar-refractivity contribution in [3.05, 3.63) is 60.6 Å². The first-order chi connectivity index (χ1) is 9.25. The fourth-order valence-electron chi connectivity index (χ4n) is 2.08. The summed E-state index contributed by atoms with van der Waals surface area (Å²) in [5.41, 5.74) is 8.19. The molecular weight excluding hydrogens is 238 g/mol. The summed E-state index contributed by atoms with van der Waals surface area (Å²) in [5, 5.41) is 1.01. The Labute approximate surface area is 109 Å². The Morgan fingerprint density at radius 1 is 1.00 bits per heavy atom. The van der Waals surface area contributed by atoms with Crippen LogP contribution in [0, 0.1) is 0 Å². The summed E-state index contributed by atoms with van der Waals surface area (Å²) in [6.45, 7) is 0. The number of nitrogens with two attached hydrogens (primary N) is 1. The third-order valence-corrected chi connectivity index (χ3v) is 2.96. The number of amides is 1. The van der Waals surface area contributed by atoms with E-state index >= 15 is 0 Å². The predicted molar refractivity (Wildman–Crippen MR) is 73.5 cm³/mol. The van der Waals surface area contributed by atoms with Gasteiger partial charge in [-0.25, -0.2) is 0 Å². The zero-order valence-corrected chi connectivity index (χ0v) is 10.1. The lowest BCUT2D eigenvalue weighted by Crippen LogP contribution is -2.14. The normalized spacial score (nSPS) is 10.5. The Bertz CT molecular complexity index is 768. The molecule has 2 heterocycles. The molecule has 0 bridgehead atoms. The second-order valence-electron chi connectivity index (χ2n) is 4.17. The first-order valence-electron chi connectivity index (χ1n) is 5.86. The summed E-state index contributed by atoms with van der Waals surface area (Å²) >= 11 is 0. The molecule has 4 heteroatoms. The molecule has 0 saturated heterocycles. The van der Waals surface area contributed by atoms with Crippen LogP contribution in [-0.4, -0.2) is 15.9 Å². The fraction of sp³-hybridized carbons (Fsp3) is 0. The van der Waals surface area contributed by atoms with Crippen LogP contribution in [0.2, 0.25) is 0 Å². The fourth-order valence-corrected chi connectivity index (χ4v) is 2.08. The number of rotatable bonds is 2. The molecule has 92 valence electrons. The van der Waals surface area contributed by atoms with E-state index in [9.17, 15) is 4.79 Å². The van der Waals surface area contributed by atoms with E-state index in [1.165, 1.54) is 0 Å². The van der Waals surface area contributed by atoms with Gasteiger partial charge in [0.15, 0.2) is 0 Å². The second kappa shape index (κ2) is 4.49. The van der Waals surface area contributed by atoms with E-state index in [1.54, 1.807) is 18.5 Å². The van der Waals surface area contributed by atoms with Crippen molar-refractivity contribution in [2.45, 2.75) is 0 Å². The smallest absolute Gasteiger partial charge is 0.267 e. The summed E-state index contributed by atoms with van der Waals surface area (Å²) in [4.78, 5) is 19.7. The van der Waals surface area contributed by atoms with Crippen LogP contribution in [0.3, 0.4) is 0 Å². The molecule has 3 aromatic rings. The Hall–Kier alpha value is -2.75. The van der Waals surface area contributed by atoms with Crippen molar-refractivity contribution in [2.24, 2.45) is 5.73 Å². The Balaban J connectivity index is 2.22. The molecule has 4 nitrogen and oxygen atoms in total. The molecule has 2 N–H and O–H groups in total. The molecule has 0 aliphatic heterocycles. The molecule has 0 radical (unpaired) electrons. The van der Waals surface area contributed by atoms with Gasteiger partial charge in [0.2, 0.25) is 0 Å². The minimum atomic E-state index is -0.526. The van der Waals surface area contributed by atoms with Gasteiger partial charge in [0.1, 0.15) is 5.69 Å². The molecule has 0 saturated carbocycles. The minimum absolute atomic E-state index is 0.283. The van der Waals surface area contributed by atoms with Crippen molar-refractivity contribution >= 4 is 16.8 Å². The van der Waals surface area contributed by atoms with Gasteiger partial charge in [-0.15, -0.1) is 0 Å². The van der Waals surface area contributed by atoms with E-state index in [0.29, 0.717) is 0 Å². The van der Waals surface area contributed by atoms with Crippen LogP contribution in [0.15, 0.2) is 54.9 Å². The van der Waals surface area contributed by atoms with Gasteiger partial charge in [-0.3, -0.25) is 14.8 Å². The highest BCUT2D eigenvalue weighted by molar-refractivity contribution is 5.98. The molecule has 1 aromatic carbocycles. The van der Waals surface area contributed by atoms with Gasteiger partial charge in [-0.2, -0.15) is 0 Å². The molecule has 0 aliphatic carbocycles. The number of nitrogens with zero attached hydrogens (tertiary/aromatic N) is 2. The van der Waals surface area contributed by atoms with Gasteiger partial charge < -0.3 is 5.73 Å². The second-order valence-corrected chi connectivity index (χ2v) is 4.17. The van der Waals surface area contributed by atoms with E-state index in [-0.39, 0.29) is 5.69 Å². The summed E-state index contributed by atoms with van der Waals surface area (Å²) in [7, 11) is 0. The number of carbonyl (C=O) groups excluding carboxylic acids is 1. The molecule has 0 spiro atoms. The average Bonchev–Trinajstić information content (AvgIpc) is 2.46. The summed E-state index contributed by atoms with van der Waals surface area (Å²) < 4.78 is 0. The SMILES string of the molecule is NC(=O)c1ncccc1-c1ccc2ncccc2c1. The maximum absolute atomic E-state index is 11.4. The highest BCUT2D eigenvalue weighted by Gasteiger charge is 2.11. The largest absolute Gasteiger partial charge is 0.364 e. The highest BCUT2D eigenvalue weighted by Crippen LogP contribution is 2.25. The van der Waals surface area contributed by atoms with Crippen molar-refractivity contribution in [1.29, 1.82) is 0 Å². The highest BCUT2D eigenvalue weighted by atomic mass is 16.1. The molecule has 3 rings (SSSR count). The molecule has 19 heavy (non-hydrogen) atoms. The Morgan fingerprint density at radius 3 is 2.63 bits per heavy atom. The number of aromatic nitrogens is 2. The van der Waals surface area contributed by atoms with E-state index in [4.69, 9.17) is 5.73 Å². The number of benzene rings is 1. The first-order valence-corrected chi connectivity index (χ1v) is 5.86. The van der Waals surface area contributed by atoms with Gasteiger partial charge in [0.25, 0.3) is 5.91 Å². The monoisotopic (exact) mass is 249 g/mol. The topological polar surface area (TPSA) is 68.9 Å². The van der Waals surface area contributed by atoms with Crippen molar-refractivity contribution in [3.63, 3.8) is 0 Å². The molecule has 0 fully saturated rings. The summed E-state index contributed by atoms with van der Waals surface area (Å²) in [5.74, 6) is -0.526. The van der Waals surface area contributed by atoms with E-state index < -0.39 is 5.91 Å². The van der Waals surface area contributed by atoms with Gasteiger partial charge in [0, 0.05) is 23.3 Å². The molecule has 2 aromatic heterocycles. The van der Waals surface area contributed by atoms with Gasteiger partial charge >= 0.3 is 0 Å². The van der Waals surface area contributed by atoms with Gasteiger partial charge in [-0.1, -0.05) is 18.2 Å². The number of hydrogen-bond donors (Lipinski definition) is 1. The lowest BCUT2D eigenvalue weighted by molar-refractivity contribution is 0.0996. The van der Waals surface area contributed by atoms with E-state index in [2.05, 4.69) is 9.97 Å². The maximum Gasteiger partial charge on any atom is 0.267 e. The van der Waals surface area contributed by atoms with E-state index in [0.717, 1.165) is 22.0 Å². The number of carbonyl (C=O) groups is 1. The van der Waals surface area contributed by atoms with Crippen LogP contribution >= 0.6 is 0 Å². The summed E-state index contributed by atoms with van der Waals surface area (Å²) in [6, 6.07) is 13.3. The maximum atomic E-state index is 11.4. The minimum Gasteiger partial charge on any atom is -0.364 e. The van der Waals surface area contributed by atoms with Crippen LogP contribution in [-0.2, 0) is 0 Å². The molecule has 1 amide bonds. The molecule has 0 aliphatic rings. The molecule has 0 unspecified atom stereocenters. The number of pyridine rings is 2. The van der Waals surface area contributed by atoms with Crippen LogP contribution in [0.4, 0.5) is 0 Å². The third kappa shape index (κ3) is 2.04. The van der Waals surface area contributed by atoms with Crippen LogP contribution in [0.1, 0.15) is 10.5 Å². The number of primary amides is 1. The number of hydrogen-bond acceptors (Lipinski definition) is 3. The van der Waals surface area contributed by atoms with Crippen LogP contribution in [0.25, 0.3) is 22.0 Å². The van der Waals surface area contributed by atoms with Crippen molar-refractivity contribution in [2.75, 3.05) is 0 Å². The standard InChI is InChI=1S/C15H11N3O/c16-15(19)14-12(4-2-8-18-14)10-5-6-13-11(9-10)3-1-7-17-13/h1-9H,(H2,16,19). The zero-order valence-electron chi connectivity index (χ0n) is 10.1. The Kier molecular flexibility index (Phi) is 2.68. The van der Waals surface area contributed by atoms with Gasteiger partial charge in [0.05, 0.1) is 5.52 Å². The molecule has 0 atom stereocenters. The zero-order chi connectivity index (χ0) is 13.2.